The predicted molar refractivity (Wildman–Crippen MR) is 89.6 cm³/mol. The van der Waals surface area contributed by atoms with Crippen LogP contribution in [0.1, 0.15) is 36.7 Å². The highest BCUT2D eigenvalue weighted by atomic mass is 16.5. The van der Waals surface area contributed by atoms with Gasteiger partial charge in [-0.05, 0) is 36.3 Å². The lowest BCUT2D eigenvalue weighted by Crippen LogP contribution is -1.99. The summed E-state index contributed by atoms with van der Waals surface area (Å²) >= 11 is 0. The van der Waals surface area contributed by atoms with Crippen LogP contribution < -0.4 is 4.74 Å². The Morgan fingerprint density at radius 2 is 2.27 bits per heavy atom. The molecule has 1 aliphatic heterocycles. The number of benzene rings is 1. The lowest BCUT2D eigenvalue weighted by atomic mass is 10.2. The molecule has 0 saturated carbocycles. The van der Waals surface area contributed by atoms with Gasteiger partial charge in [0, 0.05) is 23.9 Å². The molecule has 2 heterocycles. The highest BCUT2D eigenvalue weighted by molar-refractivity contribution is 6.02. The fourth-order valence-electron chi connectivity index (χ4n) is 2.85. The van der Waals surface area contributed by atoms with Gasteiger partial charge in [-0.1, -0.05) is 32.1 Å². The molecule has 0 saturated heterocycles. The molecule has 0 spiro atoms. The molecule has 2 aromatic rings. The Labute approximate surface area is 130 Å². The first-order valence-electron chi connectivity index (χ1n) is 7.83. The van der Waals surface area contributed by atoms with Gasteiger partial charge < -0.3 is 9.30 Å². The molecular weight excluding hydrogens is 274 g/mol. The van der Waals surface area contributed by atoms with Crippen molar-refractivity contribution in [2.45, 2.75) is 32.7 Å². The molecule has 0 aliphatic carbocycles. The second-order valence-corrected chi connectivity index (χ2v) is 5.64. The van der Waals surface area contributed by atoms with Crippen molar-refractivity contribution in [2.24, 2.45) is 0 Å². The van der Waals surface area contributed by atoms with E-state index in [1.165, 1.54) is 0 Å². The summed E-state index contributed by atoms with van der Waals surface area (Å²) in [5.41, 5.74) is 3.04. The zero-order valence-electron chi connectivity index (χ0n) is 13.0. The van der Waals surface area contributed by atoms with Crippen LogP contribution in [-0.2, 0) is 6.54 Å². The minimum absolute atomic E-state index is 0.232. The van der Waals surface area contributed by atoms with E-state index in [2.05, 4.69) is 24.1 Å². The van der Waals surface area contributed by atoms with E-state index in [1.807, 2.05) is 30.3 Å². The second-order valence-electron chi connectivity index (χ2n) is 5.64. The summed E-state index contributed by atoms with van der Waals surface area (Å²) in [6, 6.07) is 7.99. The van der Waals surface area contributed by atoms with Crippen molar-refractivity contribution in [1.82, 2.24) is 4.57 Å². The fourth-order valence-corrected chi connectivity index (χ4v) is 2.85. The predicted octanol–water partition coefficient (Wildman–Crippen LogP) is 4.52. The number of rotatable bonds is 6. The summed E-state index contributed by atoms with van der Waals surface area (Å²) in [4.78, 5) is 11.8. The van der Waals surface area contributed by atoms with Crippen molar-refractivity contribution in [3.05, 3.63) is 54.3 Å². The van der Waals surface area contributed by atoms with Crippen LogP contribution in [0.3, 0.4) is 0 Å². The lowest BCUT2D eigenvalue weighted by molar-refractivity contribution is 0.0994. The quantitative estimate of drug-likeness (QED) is 0.734. The molecule has 0 amide bonds. The van der Waals surface area contributed by atoms with Gasteiger partial charge in [-0.3, -0.25) is 4.79 Å². The van der Waals surface area contributed by atoms with E-state index in [1.54, 1.807) is 0 Å². The van der Waals surface area contributed by atoms with Gasteiger partial charge in [0.2, 0.25) is 0 Å². The average Bonchev–Trinajstić information content (AvgIpc) is 3.07. The largest absolute Gasteiger partial charge is 0.489 e. The Bertz CT molecular complexity index is 752. The van der Waals surface area contributed by atoms with E-state index in [0.29, 0.717) is 13.0 Å². The minimum Gasteiger partial charge on any atom is -0.489 e. The highest BCUT2D eigenvalue weighted by Crippen LogP contribution is 2.29. The molecule has 0 radical (unpaired) electrons. The third kappa shape index (κ3) is 2.71. The Hall–Kier alpha value is -2.29. The summed E-state index contributed by atoms with van der Waals surface area (Å²) in [5, 5.41) is 1.07. The van der Waals surface area contributed by atoms with Crippen molar-refractivity contribution in [1.29, 1.82) is 0 Å². The molecule has 0 unspecified atom stereocenters. The standard InChI is InChI=1S/C19H21NO2/c1-3-5-6-14(4-2)13-22-16-7-8-17-15(11-16)12-18-19(21)9-10-20(17)18/h4,6-8,11-12H,2-3,5,9-10,13H2,1H3/b14-6+. The van der Waals surface area contributed by atoms with Crippen molar-refractivity contribution < 1.29 is 9.53 Å². The topological polar surface area (TPSA) is 31.2 Å². The normalized spacial score (nSPS) is 14.4. The lowest BCUT2D eigenvalue weighted by Gasteiger charge is -2.08. The van der Waals surface area contributed by atoms with Gasteiger partial charge in [0.25, 0.3) is 0 Å². The Balaban J connectivity index is 1.78. The van der Waals surface area contributed by atoms with Gasteiger partial charge in [0.05, 0.1) is 5.69 Å². The highest BCUT2D eigenvalue weighted by Gasteiger charge is 2.21. The maximum atomic E-state index is 11.8. The van der Waals surface area contributed by atoms with Crippen LogP contribution in [0, 0.1) is 0 Å². The molecule has 1 aromatic heterocycles. The van der Waals surface area contributed by atoms with Crippen LogP contribution >= 0.6 is 0 Å². The van der Waals surface area contributed by atoms with E-state index in [9.17, 15) is 4.79 Å². The van der Waals surface area contributed by atoms with Crippen LogP contribution in [-0.4, -0.2) is 17.0 Å². The number of unbranched alkanes of at least 4 members (excludes halogenated alkanes) is 1. The Kier molecular flexibility index (Phi) is 4.14. The molecule has 0 fully saturated rings. The van der Waals surface area contributed by atoms with E-state index < -0.39 is 0 Å². The van der Waals surface area contributed by atoms with Crippen molar-refractivity contribution in [3.63, 3.8) is 0 Å². The number of aromatic nitrogens is 1. The zero-order valence-corrected chi connectivity index (χ0v) is 13.0. The number of fused-ring (bicyclic) bond motifs is 3. The van der Waals surface area contributed by atoms with E-state index in [-0.39, 0.29) is 5.78 Å². The van der Waals surface area contributed by atoms with E-state index in [4.69, 9.17) is 4.74 Å². The van der Waals surface area contributed by atoms with Gasteiger partial charge in [-0.15, -0.1) is 0 Å². The van der Waals surface area contributed by atoms with E-state index >= 15 is 0 Å². The van der Waals surface area contributed by atoms with Gasteiger partial charge in [-0.2, -0.15) is 0 Å². The van der Waals surface area contributed by atoms with Crippen molar-refractivity contribution in [2.75, 3.05) is 6.61 Å². The maximum absolute atomic E-state index is 11.8. The molecule has 0 bridgehead atoms. The van der Waals surface area contributed by atoms with E-state index in [0.717, 1.165) is 47.3 Å². The molecule has 0 atom stereocenters. The minimum atomic E-state index is 0.232. The first-order valence-corrected chi connectivity index (χ1v) is 7.83. The summed E-state index contributed by atoms with van der Waals surface area (Å²) in [6.07, 6.45) is 6.79. The van der Waals surface area contributed by atoms with Crippen LogP contribution in [0.25, 0.3) is 10.9 Å². The number of hydrogen-bond acceptors (Lipinski definition) is 2. The molecule has 1 aromatic carbocycles. The van der Waals surface area contributed by atoms with Gasteiger partial charge in [-0.25, -0.2) is 0 Å². The number of carbonyl (C=O) groups excluding carboxylic acids is 1. The fraction of sp³-hybridized carbons (Fsp3) is 0.316. The van der Waals surface area contributed by atoms with Gasteiger partial charge >= 0.3 is 0 Å². The summed E-state index contributed by atoms with van der Waals surface area (Å²) in [5.74, 6) is 1.06. The smallest absolute Gasteiger partial charge is 0.181 e. The van der Waals surface area contributed by atoms with Gasteiger partial charge in [0.15, 0.2) is 5.78 Å². The molecular formula is C19H21NO2. The molecule has 114 valence electrons. The number of nitrogens with zero attached hydrogens (tertiary/aromatic N) is 1. The first kappa shape index (κ1) is 14.6. The summed E-state index contributed by atoms with van der Waals surface area (Å²) in [6.45, 7) is 7.30. The maximum Gasteiger partial charge on any atom is 0.181 e. The number of aryl methyl sites for hydroxylation is 1. The summed E-state index contributed by atoms with van der Waals surface area (Å²) in [7, 11) is 0. The molecule has 1 aliphatic rings. The van der Waals surface area contributed by atoms with Crippen LogP contribution in [0.4, 0.5) is 0 Å². The van der Waals surface area contributed by atoms with Crippen molar-refractivity contribution in [3.8, 4) is 5.75 Å². The number of allylic oxidation sites excluding steroid dienone is 1. The SMILES string of the molecule is C=C/C(=C\CCC)COc1ccc2c(c1)cc1n2CCC1=O. The third-order valence-corrected chi connectivity index (χ3v) is 4.08. The summed E-state index contributed by atoms with van der Waals surface area (Å²) < 4.78 is 7.95. The molecule has 3 nitrogen and oxygen atoms in total. The second kappa shape index (κ2) is 6.22. The number of carbonyl (C=O) groups is 1. The molecule has 3 heteroatoms. The van der Waals surface area contributed by atoms with Crippen LogP contribution in [0.5, 0.6) is 5.75 Å². The average molecular weight is 295 g/mol. The van der Waals surface area contributed by atoms with Gasteiger partial charge in [0.1, 0.15) is 12.4 Å². The Morgan fingerprint density at radius 3 is 3.05 bits per heavy atom. The number of hydrogen-bond donors (Lipinski definition) is 0. The van der Waals surface area contributed by atoms with Crippen LogP contribution in [0.15, 0.2) is 48.6 Å². The number of ketones is 1. The monoisotopic (exact) mass is 295 g/mol. The molecule has 22 heavy (non-hydrogen) atoms. The zero-order chi connectivity index (χ0) is 15.5. The Morgan fingerprint density at radius 1 is 1.41 bits per heavy atom. The third-order valence-electron chi connectivity index (χ3n) is 4.08. The molecule has 3 rings (SSSR count). The number of ether oxygens (including phenoxy) is 1. The molecule has 0 N–H and O–H groups in total. The van der Waals surface area contributed by atoms with Crippen LogP contribution in [0.2, 0.25) is 0 Å². The number of Topliss-reactive ketones (excluding diaryl/α,β-unsaturated/α-hetero) is 1. The first-order chi connectivity index (χ1) is 10.7. The van der Waals surface area contributed by atoms with Crippen molar-refractivity contribution >= 4 is 16.7 Å².